The second-order valence-corrected chi connectivity index (χ2v) is 10.8. The van der Waals surface area contributed by atoms with E-state index in [9.17, 15) is 13.2 Å². The Morgan fingerprint density at radius 2 is 2.03 bits per heavy atom. The van der Waals surface area contributed by atoms with Crippen LogP contribution in [0.15, 0.2) is 52.2 Å². The fourth-order valence-electron chi connectivity index (χ4n) is 3.72. The monoisotopic (exact) mass is 460 g/mol. The zero-order valence-corrected chi connectivity index (χ0v) is 19.0. The van der Waals surface area contributed by atoms with Crippen molar-refractivity contribution < 1.29 is 17.6 Å². The number of hydrogen-bond acceptors (Lipinski definition) is 7. The van der Waals surface area contributed by atoms with E-state index in [-0.39, 0.29) is 29.2 Å². The summed E-state index contributed by atoms with van der Waals surface area (Å²) in [6, 6.07) is 11.2. The average Bonchev–Trinajstić information content (AvgIpc) is 3.43. The van der Waals surface area contributed by atoms with E-state index >= 15 is 0 Å². The van der Waals surface area contributed by atoms with Gasteiger partial charge < -0.3 is 13.9 Å². The second kappa shape index (κ2) is 8.88. The Hall–Kier alpha value is -2.59. The molecule has 1 aromatic carbocycles. The normalized spacial score (nSPS) is 17.7. The summed E-state index contributed by atoms with van der Waals surface area (Å²) < 4.78 is 31.2. The molecule has 10 heteroatoms. The van der Waals surface area contributed by atoms with Gasteiger partial charge in [-0.25, -0.2) is 8.42 Å². The molecule has 0 radical (unpaired) electrons. The van der Waals surface area contributed by atoms with Crippen LogP contribution in [0.2, 0.25) is 0 Å². The number of carbonyl (C=O) groups excluding carboxylic acids is 1. The highest BCUT2D eigenvalue weighted by molar-refractivity contribution is 7.99. The van der Waals surface area contributed by atoms with E-state index in [0.717, 1.165) is 16.9 Å². The summed E-state index contributed by atoms with van der Waals surface area (Å²) in [5, 5.41) is 9.06. The molecule has 3 aromatic rings. The molecule has 164 valence electrons. The average molecular weight is 461 g/mol. The maximum Gasteiger partial charge on any atom is 0.233 e. The Kier molecular flexibility index (Phi) is 6.19. The lowest BCUT2D eigenvalue weighted by atomic mass is 10.1. The molecule has 0 spiro atoms. The van der Waals surface area contributed by atoms with Crippen LogP contribution in [-0.4, -0.2) is 57.3 Å². The number of furan rings is 1. The van der Waals surface area contributed by atoms with E-state index in [0.29, 0.717) is 23.9 Å². The van der Waals surface area contributed by atoms with Crippen LogP contribution < -0.4 is 0 Å². The quantitative estimate of drug-likeness (QED) is 0.500. The summed E-state index contributed by atoms with van der Waals surface area (Å²) in [4.78, 5) is 14.9. The first-order chi connectivity index (χ1) is 14.8. The van der Waals surface area contributed by atoms with Crippen molar-refractivity contribution in [3.05, 3.63) is 54.0 Å². The Morgan fingerprint density at radius 1 is 1.26 bits per heavy atom. The van der Waals surface area contributed by atoms with Crippen molar-refractivity contribution in [2.75, 3.05) is 17.3 Å². The molecule has 1 aliphatic rings. The highest BCUT2D eigenvalue weighted by Crippen LogP contribution is 2.27. The molecule has 0 aliphatic carbocycles. The van der Waals surface area contributed by atoms with Gasteiger partial charge in [0.1, 0.15) is 5.76 Å². The van der Waals surface area contributed by atoms with Gasteiger partial charge in [0.05, 0.1) is 29.1 Å². The van der Waals surface area contributed by atoms with E-state index in [1.165, 1.54) is 11.8 Å². The van der Waals surface area contributed by atoms with Crippen LogP contribution in [0.1, 0.15) is 17.7 Å². The summed E-state index contributed by atoms with van der Waals surface area (Å²) in [7, 11) is -1.25. The van der Waals surface area contributed by atoms with Crippen molar-refractivity contribution in [1.29, 1.82) is 0 Å². The zero-order valence-electron chi connectivity index (χ0n) is 17.4. The highest BCUT2D eigenvalue weighted by atomic mass is 32.2. The van der Waals surface area contributed by atoms with E-state index in [2.05, 4.69) is 10.2 Å². The summed E-state index contributed by atoms with van der Waals surface area (Å²) in [6.07, 6.45) is 2.08. The number of hydrogen-bond donors (Lipinski definition) is 0. The van der Waals surface area contributed by atoms with Crippen LogP contribution in [0, 0.1) is 6.92 Å². The molecule has 1 fully saturated rings. The van der Waals surface area contributed by atoms with Gasteiger partial charge in [-0.1, -0.05) is 42.1 Å². The van der Waals surface area contributed by atoms with E-state index in [1.807, 2.05) is 54.9 Å². The first-order valence-electron chi connectivity index (χ1n) is 9.94. The molecule has 1 saturated heterocycles. The fourth-order valence-corrected chi connectivity index (χ4v) is 6.25. The third kappa shape index (κ3) is 4.85. The van der Waals surface area contributed by atoms with Gasteiger partial charge in [0.2, 0.25) is 5.91 Å². The van der Waals surface area contributed by atoms with Crippen molar-refractivity contribution in [3.8, 4) is 11.4 Å². The molecule has 2 aromatic heterocycles. The summed E-state index contributed by atoms with van der Waals surface area (Å²) >= 11 is 1.29. The first-order valence-corrected chi connectivity index (χ1v) is 12.8. The molecular weight excluding hydrogens is 436 g/mol. The van der Waals surface area contributed by atoms with Gasteiger partial charge in [-0.3, -0.25) is 4.79 Å². The van der Waals surface area contributed by atoms with Crippen LogP contribution in [0.25, 0.3) is 11.4 Å². The van der Waals surface area contributed by atoms with Crippen molar-refractivity contribution in [1.82, 2.24) is 19.7 Å². The van der Waals surface area contributed by atoms with Crippen molar-refractivity contribution in [3.63, 3.8) is 0 Å². The maximum atomic E-state index is 13.2. The number of aryl methyl sites for hydroxylation is 1. The molecule has 0 bridgehead atoms. The zero-order chi connectivity index (χ0) is 22.0. The van der Waals surface area contributed by atoms with Crippen molar-refractivity contribution >= 4 is 27.5 Å². The van der Waals surface area contributed by atoms with Crippen LogP contribution in [0.5, 0.6) is 0 Å². The number of carbonyl (C=O) groups is 1. The van der Waals surface area contributed by atoms with Gasteiger partial charge in [-0.2, -0.15) is 0 Å². The van der Waals surface area contributed by atoms with Gasteiger partial charge in [0.25, 0.3) is 0 Å². The third-order valence-corrected chi connectivity index (χ3v) is 8.18. The molecular formula is C21H24N4O4S2. The standard InChI is InChI=1S/C21H24N4O4S2/c1-15-18(8-10-29-15)20-22-23-21(24(20)2)30-13-19(26)25(12-16-6-4-3-5-7-16)17-9-11-31(27,28)14-17/h3-8,10,17H,9,11-14H2,1-2H3/t17-/m1/s1. The van der Waals surface area contributed by atoms with E-state index < -0.39 is 9.84 Å². The topological polar surface area (TPSA) is 98.3 Å². The lowest BCUT2D eigenvalue weighted by Gasteiger charge is -2.28. The Morgan fingerprint density at radius 3 is 2.68 bits per heavy atom. The smallest absolute Gasteiger partial charge is 0.233 e. The fraction of sp³-hybridized carbons (Fsp3) is 0.381. The number of amides is 1. The van der Waals surface area contributed by atoms with Crippen LogP contribution in [-0.2, 0) is 28.2 Å². The minimum Gasteiger partial charge on any atom is -0.469 e. The molecule has 0 saturated carbocycles. The van der Waals surface area contributed by atoms with E-state index in [4.69, 9.17) is 4.42 Å². The minimum absolute atomic E-state index is 0.0180. The number of thioether (sulfide) groups is 1. The molecule has 0 N–H and O–H groups in total. The minimum atomic E-state index is -3.10. The predicted octanol–water partition coefficient (Wildman–Crippen LogP) is 2.69. The largest absolute Gasteiger partial charge is 0.469 e. The third-order valence-electron chi connectivity index (χ3n) is 5.42. The molecule has 1 atom stereocenters. The first kappa shape index (κ1) is 21.6. The molecule has 3 heterocycles. The SMILES string of the molecule is Cc1occc1-c1nnc(SCC(=O)N(Cc2ccccc2)[C@@H]2CCS(=O)(=O)C2)n1C. The summed E-state index contributed by atoms with van der Waals surface area (Å²) in [5.41, 5.74) is 1.83. The maximum absolute atomic E-state index is 13.2. The van der Waals surface area contributed by atoms with Crippen molar-refractivity contribution in [2.24, 2.45) is 7.05 Å². The lowest BCUT2D eigenvalue weighted by molar-refractivity contribution is -0.130. The van der Waals surface area contributed by atoms with Crippen LogP contribution >= 0.6 is 11.8 Å². The van der Waals surface area contributed by atoms with Gasteiger partial charge in [-0.05, 0) is 25.0 Å². The summed E-state index contributed by atoms with van der Waals surface area (Å²) in [5.74, 6) is 1.60. The van der Waals surface area contributed by atoms with Gasteiger partial charge in [-0.15, -0.1) is 10.2 Å². The number of sulfone groups is 1. The highest BCUT2D eigenvalue weighted by Gasteiger charge is 2.34. The van der Waals surface area contributed by atoms with Gasteiger partial charge >= 0.3 is 0 Å². The number of nitrogens with zero attached hydrogens (tertiary/aromatic N) is 4. The summed E-state index contributed by atoms with van der Waals surface area (Å²) in [6.45, 7) is 2.25. The molecule has 4 rings (SSSR count). The van der Waals surface area contributed by atoms with Gasteiger partial charge in [0, 0.05) is 19.6 Å². The molecule has 1 amide bonds. The lowest BCUT2D eigenvalue weighted by Crippen LogP contribution is -2.41. The van der Waals surface area contributed by atoms with Crippen LogP contribution in [0.4, 0.5) is 0 Å². The number of rotatable bonds is 7. The molecule has 0 unspecified atom stereocenters. The van der Waals surface area contributed by atoms with E-state index in [1.54, 1.807) is 11.2 Å². The second-order valence-electron chi connectivity index (χ2n) is 7.61. The number of aromatic nitrogens is 3. The Bertz CT molecular complexity index is 1170. The molecule has 31 heavy (non-hydrogen) atoms. The van der Waals surface area contributed by atoms with Crippen LogP contribution in [0.3, 0.4) is 0 Å². The Labute approximate surface area is 185 Å². The Balaban J connectivity index is 1.49. The van der Waals surface area contributed by atoms with Crippen molar-refractivity contribution in [2.45, 2.75) is 31.1 Å². The molecule has 8 nitrogen and oxygen atoms in total. The number of benzene rings is 1. The van der Waals surface area contributed by atoms with Gasteiger partial charge in [0.15, 0.2) is 20.8 Å². The molecule has 1 aliphatic heterocycles. The predicted molar refractivity (Wildman–Crippen MR) is 118 cm³/mol.